The highest BCUT2D eigenvalue weighted by Gasteiger charge is 2.21. The maximum Gasteiger partial charge on any atom is 0.167 e. The highest BCUT2D eigenvalue weighted by molar-refractivity contribution is 6.20. The van der Waals surface area contributed by atoms with Gasteiger partial charge in [0.2, 0.25) is 0 Å². The summed E-state index contributed by atoms with van der Waals surface area (Å²) in [6, 6.07) is 60.9. The van der Waals surface area contributed by atoms with Crippen LogP contribution in [0.25, 0.3) is 99.9 Å². The maximum atomic E-state index is 6.87. The molecule has 2 aromatic heterocycles. The standard InChI is InChI=1S/C47H29N3O/c1-4-15-30(16-5-1)33-27-28-39(35-22-11-10-21-34(33)35)46-48-45(32-19-8-3-9-20-32)49-47(50-46)40-26-14-25-38-42-29-41(31-17-6-2-7-18-31)36-23-12-13-24-37(36)44(42)51-43(38)40/h1-29H. The monoisotopic (exact) mass is 651 g/mol. The molecule has 0 unspecified atom stereocenters. The number of aromatic nitrogens is 3. The zero-order valence-electron chi connectivity index (χ0n) is 27.5. The smallest absolute Gasteiger partial charge is 0.167 e. The van der Waals surface area contributed by atoms with Crippen molar-refractivity contribution in [1.82, 2.24) is 15.0 Å². The van der Waals surface area contributed by atoms with E-state index in [1.807, 2.05) is 36.4 Å². The summed E-state index contributed by atoms with van der Waals surface area (Å²) >= 11 is 0. The van der Waals surface area contributed by atoms with Crippen molar-refractivity contribution in [3.05, 3.63) is 176 Å². The summed E-state index contributed by atoms with van der Waals surface area (Å²) in [5, 5.41) is 6.52. The molecule has 51 heavy (non-hydrogen) atoms. The fraction of sp³-hybridized carbons (Fsp3) is 0. The average Bonchev–Trinajstić information content (AvgIpc) is 3.60. The third kappa shape index (κ3) is 4.88. The van der Waals surface area contributed by atoms with Crippen LogP contribution in [0.4, 0.5) is 0 Å². The summed E-state index contributed by atoms with van der Waals surface area (Å²) in [5.74, 6) is 1.78. The molecular weight excluding hydrogens is 623 g/mol. The van der Waals surface area contributed by atoms with Crippen molar-refractivity contribution in [2.75, 3.05) is 0 Å². The molecule has 0 aliphatic rings. The van der Waals surface area contributed by atoms with Crippen molar-refractivity contribution in [3.63, 3.8) is 0 Å². The Morgan fingerprint density at radius 3 is 1.39 bits per heavy atom. The minimum Gasteiger partial charge on any atom is -0.455 e. The predicted octanol–water partition coefficient (Wildman–Crippen LogP) is 12.4. The van der Waals surface area contributed by atoms with Gasteiger partial charge >= 0.3 is 0 Å². The van der Waals surface area contributed by atoms with Crippen LogP contribution < -0.4 is 0 Å². The number of rotatable bonds is 5. The summed E-state index contributed by atoms with van der Waals surface area (Å²) < 4.78 is 6.87. The maximum absolute atomic E-state index is 6.87. The van der Waals surface area contributed by atoms with E-state index in [9.17, 15) is 0 Å². The second kappa shape index (κ2) is 11.9. The number of benzene rings is 8. The Bertz CT molecular complexity index is 2900. The topological polar surface area (TPSA) is 51.8 Å². The SMILES string of the molecule is c1ccc(-c2nc(-c3ccc(-c4ccccc4)c4ccccc34)nc(-c3cccc4c3oc3c5ccccc5c(-c5ccccc5)cc43)n2)cc1. The first-order valence-electron chi connectivity index (χ1n) is 17.1. The van der Waals surface area contributed by atoms with Crippen LogP contribution in [0.15, 0.2) is 180 Å². The second-order valence-corrected chi connectivity index (χ2v) is 12.7. The summed E-state index contributed by atoms with van der Waals surface area (Å²) in [6.07, 6.45) is 0. The summed E-state index contributed by atoms with van der Waals surface area (Å²) in [5.41, 5.74) is 8.97. The van der Waals surface area contributed by atoms with Crippen LogP contribution in [0.1, 0.15) is 0 Å². The minimum atomic E-state index is 0.562. The van der Waals surface area contributed by atoms with Gasteiger partial charge in [0.25, 0.3) is 0 Å². The predicted molar refractivity (Wildman–Crippen MR) is 209 cm³/mol. The van der Waals surface area contributed by atoms with E-state index < -0.39 is 0 Å². The van der Waals surface area contributed by atoms with Crippen molar-refractivity contribution in [2.24, 2.45) is 0 Å². The lowest BCUT2D eigenvalue weighted by molar-refractivity contribution is 0.673. The first-order valence-corrected chi connectivity index (χ1v) is 17.1. The van der Waals surface area contributed by atoms with Gasteiger partial charge in [0.1, 0.15) is 11.2 Å². The Balaban J connectivity index is 1.23. The Morgan fingerprint density at radius 1 is 0.275 bits per heavy atom. The van der Waals surface area contributed by atoms with E-state index in [0.29, 0.717) is 17.5 Å². The van der Waals surface area contributed by atoms with Crippen molar-refractivity contribution >= 4 is 43.5 Å². The molecule has 8 aromatic carbocycles. The molecule has 4 nitrogen and oxygen atoms in total. The van der Waals surface area contributed by atoms with Crippen molar-refractivity contribution in [3.8, 4) is 56.4 Å². The molecule has 0 aliphatic heterocycles. The van der Waals surface area contributed by atoms with Crippen LogP contribution >= 0.6 is 0 Å². The van der Waals surface area contributed by atoms with Gasteiger partial charge in [0.15, 0.2) is 17.5 Å². The van der Waals surface area contributed by atoms with Gasteiger partial charge in [-0.2, -0.15) is 0 Å². The third-order valence-corrected chi connectivity index (χ3v) is 9.75. The third-order valence-electron chi connectivity index (χ3n) is 9.75. The molecular formula is C47H29N3O. The lowest BCUT2D eigenvalue weighted by Crippen LogP contribution is -2.01. The van der Waals surface area contributed by atoms with E-state index in [1.165, 1.54) is 22.3 Å². The number of hydrogen-bond donors (Lipinski definition) is 0. The van der Waals surface area contributed by atoms with E-state index in [-0.39, 0.29) is 0 Å². The van der Waals surface area contributed by atoms with E-state index in [0.717, 1.165) is 60.2 Å². The first-order chi connectivity index (χ1) is 25.3. The number of fused-ring (bicyclic) bond motifs is 6. The van der Waals surface area contributed by atoms with E-state index in [2.05, 4.69) is 140 Å². The molecule has 0 N–H and O–H groups in total. The molecule has 0 amide bonds. The second-order valence-electron chi connectivity index (χ2n) is 12.7. The van der Waals surface area contributed by atoms with E-state index >= 15 is 0 Å². The zero-order chi connectivity index (χ0) is 33.7. The van der Waals surface area contributed by atoms with Crippen LogP contribution in [0.3, 0.4) is 0 Å². The van der Waals surface area contributed by atoms with Crippen LogP contribution in [0.5, 0.6) is 0 Å². The number of hydrogen-bond acceptors (Lipinski definition) is 4. The summed E-state index contributed by atoms with van der Waals surface area (Å²) in [6.45, 7) is 0. The van der Waals surface area contributed by atoms with Gasteiger partial charge in [-0.05, 0) is 56.6 Å². The van der Waals surface area contributed by atoms with E-state index in [1.54, 1.807) is 0 Å². The van der Waals surface area contributed by atoms with Crippen molar-refractivity contribution < 1.29 is 4.42 Å². The van der Waals surface area contributed by atoms with Crippen molar-refractivity contribution in [2.45, 2.75) is 0 Å². The fourth-order valence-corrected chi connectivity index (χ4v) is 7.35. The molecule has 0 bridgehead atoms. The molecule has 4 heteroatoms. The van der Waals surface area contributed by atoms with Gasteiger partial charge in [-0.15, -0.1) is 0 Å². The Labute approximate surface area is 294 Å². The van der Waals surface area contributed by atoms with Gasteiger partial charge in [0, 0.05) is 27.3 Å². The van der Waals surface area contributed by atoms with Crippen LogP contribution in [0.2, 0.25) is 0 Å². The Hall–Kier alpha value is -6.91. The number of furan rings is 1. The molecule has 0 radical (unpaired) electrons. The number of para-hydroxylation sites is 1. The Kier molecular flexibility index (Phi) is 6.78. The Morgan fingerprint density at radius 2 is 0.725 bits per heavy atom. The highest BCUT2D eigenvalue weighted by Crippen LogP contribution is 2.42. The first kappa shape index (κ1) is 29.0. The zero-order valence-corrected chi connectivity index (χ0v) is 27.5. The van der Waals surface area contributed by atoms with Gasteiger partial charge in [-0.3, -0.25) is 0 Å². The van der Waals surface area contributed by atoms with Crippen LogP contribution in [-0.2, 0) is 0 Å². The van der Waals surface area contributed by atoms with Gasteiger partial charge < -0.3 is 4.42 Å². The quantitative estimate of drug-likeness (QED) is 0.186. The van der Waals surface area contributed by atoms with Crippen LogP contribution in [0, 0.1) is 0 Å². The molecule has 0 saturated carbocycles. The lowest BCUT2D eigenvalue weighted by atomic mass is 9.94. The summed E-state index contributed by atoms with van der Waals surface area (Å²) in [4.78, 5) is 15.4. The van der Waals surface area contributed by atoms with Gasteiger partial charge in [-0.25, -0.2) is 15.0 Å². The largest absolute Gasteiger partial charge is 0.455 e. The molecule has 10 aromatic rings. The fourth-order valence-electron chi connectivity index (χ4n) is 7.35. The molecule has 0 atom stereocenters. The molecule has 10 rings (SSSR count). The van der Waals surface area contributed by atoms with E-state index in [4.69, 9.17) is 19.4 Å². The minimum absolute atomic E-state index is 0.562. The van der Waals surface area contributed by atoms with Crippen molar-refractivity contribution in [1.29, 1.82) is 0 Å². The van der Waals surface area contributed by atoms with Crippen LogP contribution in [-0.4, -0.2) is 15.0 Å². The van der Waals surface area contributed by atoms with Gasteiger partial charge in [0.05, 0.1) is 5.56 Å². The average molecular weight is 652 g/mol. The highest BCUT2D eigenvalue weighted by atomic mass is 16.3. The molecule has 0 aliphatic carbocycles. The van der Waals surface area contributed by atoms with Gasteiger partial charge in [-0.1, -0.05) is 158 Å². The molecule has 2 heterocycles. The molecule has 0 saturated heterocycles. The molecule has 0 fully saturated rings. The summed E-state index contributed by atoms with van der Waals surface area (Å²) in [7, 11) is 0. The molecule has 238 valence electrons. The number of nitrogens with zero attached hydrogens (tertiary/aromatic N) is 3. The lowest BCUT2D eigenvalue weighted by Gasteiger charge is -2.13. The molecule has 0 spiro atoms. The normalized spacial score (nSPS) is 11.5.